The summed E-state index contributed by atoms with van der Waals surface area (Å²) in [7, 11) is 0. The van der Waals surface area contributed by atoms with Crippen molar-refractivity contribution < 1.29 is 31.5 Å². The molecule has 0 atom stereocenters. The molecule has 0 bridgehead atoms. The summed E-state index contributed by atoms with van der Waals surface area (Å²) in [5.41, 5.74) is 3.19. The van der Waals surface area contributed by atoms with E-state index in [2.05, 4.69) is 31.3 Å². The highest BCUT2D eigenvalue weighted by atomic mass is 79.9. The number of pyridine rings is 1. The number of carbonyl (C=O) groups is 2. The molecule has 2 amide bonds. The van der Waals surface area contributed by atoms with E-state index < -0.39 is 41.0 Å². The van der Waals surface area contributed by atoms with Crippen LogP contribution in [0.5, 0.6) is 0 Å². The molecule has 0 saturated carbocycles. The van der Waals surface area contributed by atoms with E-state index in [1.165, 1.54) is 25.1 Å². The molecule has 0 unspecified atom stereocenters. The fourth-order valence-corrected chi connectivity index (χ4v) is 3.91. The third-order valence-corrected chi connectivity index (χ3v) is 5.79. The minimum Gasteiger partial charge on any atom is -0.364 e. The van der Waals surface area contributed by atoms with Crippen LogP contribution in [0.15, 0.2) is 46.9 Å². The summed E-state index contributed by atoms with van der Waals surface area (Å²) >= 11 is 3.26. The van der Waals surface area contributed by atoms with Gasteiger partial charge in [-0.25, -0.2) is 13.8 Å². The van der Waals surface area contributed by atoms with Gasteiger partial charge in [-0.2, -0.15) is 18.3 Å². The molecule has 7 nitrogen and oxygen atoms in total. The smallest absolute Gasteiger partial charge is 0.364 e. The van der Waals surface area contributed by atoms with Crippen LogP contribution in [0.3, 0.4) is 0 Å². The number of fused-ring (bicyclic) bond motifs is 1. The van der Waals surface area contributed by atoms with Crippen molar-refractivity contribution in [3.63, 3.8) is 0 Å². The fraction of sp³-hybridized carbons (Fsp3) is 0.130. The third-order valence-electron chi connectivity index (χ3n) is 5.30. The van der Waals surface area contributed by atoms with Crippen molar-refractivity contribution in [1.29, 1.82) is 0 Å². The predicted molar refractivity (Wildman–Crippen MR) is 123 cm³/mol. The summed E-state index contributed by atoms with van der Waals surface area (Å²) in [5.74, 6) is -4.17. The van der Waals surface area contributed by atoms with Crippen molar-refractivity contribution in [2.75, 3.05) is 5.32 Å². The Bertz CT molecular complexity index is 1530. The highest BCUT2D eigenvalue weighted by Gasteiger charge is 2.39. The Kier molecular flexibility index (Phi) is 6.52. The van der Waals surface area contributed by atoms with E-state index in [0.29, 0.717) is 4.47 Å². The number of nitrogens with two attached hydrogens (primary N) is 1. The molecule has 186 valence electrons. The quantitative estimate of drug-likeness (QED) is 0.323. The number of aromatic nitrogens is 3. The second kappa shape index (κ2) is 9.30. The molecule has 13 heteroatoms. The summed E-state index contributed by atoms with van der Waals surface area (Å²) in [6, 6.07) is 8.61. The Labute approximate surface area is 208 Å². The van der Waals surface area contributed by atoms with Gasteiger partial charge >= 0.3 is 6.18 Å². The van der Waals surface area contributed by atoms with Crippen molar-refractivity contribution in [3.05, 3.63) is 86.8 Å². The Balaban J connectivity index is 1.79. The van der Waals surface area contributed by atoms with Gasteiger partial charge in [0, 0.05) is 9.86 Å². The molecule has 0 aliphatic heterocycles. The van der Waals surface area contributed by atoms with E-state index in [0.717, 1.165) is 22.9 Å². The molecule has 0 radical (unpaired) electrons. The van der Waals surface area contributed by atoms with Crippen LogP contribution in [0, 0.1) is 18.6 Å². The zero-order valence-corrected chi connectivity index (χ0v) is 19.8. The average molecular weight is 568 g/mol. The molecule has 0 aliphatic rings. The minimum atomic E-state index is -4.95. The summed E-state index contributed by atoms with van der Waals surface area (Å²) in [6.07, 6.45) is -4.95. The van der Waals surface area contributed by atoms with Crippen molar-refractivity contribution in [2.24, 2.45) is 5.73 Å². The maximum atomic E-state index is 13.8. The average Bonchev–Trinajstić information content (AvgIpc) is 3.10. The molecule has 3 N–H and O–H groups in total. The van der Waals surface area contributed by atoms with Gasteiger partial charge in [0.2, 0.25) is 0 Å². The monoisotopic (exact) mass is 567 g/mol. The standard InChI is InChI=1S/C23H15BrF5N5O2/c1-10-19(20(23(27,28)29)33-34(10)9-11-2-4-15(25)16(26)6-11)32-22(36)14-8-18(21(30)35)31-17-5-3-12(24)7-13(14)17/h2-8H,9H2,1H3,(H2,30,35)(H,32,36). The second-order valence-electron chi connectivity index (χ2n) is 7.75. The van der Waals surface area contributed by atoms with Crippen molar-refractivity contribution in [3.8, 4) is 0 Å². The SMILES string of the molecule is Cc1c(NC(=O)c2cc(C(N)=O)nc3ccc(Br)cc23)c(C(F)(F)F)nn1Cc1ccc(F)c(F)c1. The Morgan fingerprint density at radius 2 is 1.81 bits per heavy atom. The lowest BCUT2D eigenvalue weighted by molar-refractivity contribution is -0.140. The zero-order chi connectivity index (χ0) is 26.4. The number of alkyl halides is 3. The summed E-state index contributed by atoms with van der Waals surface area (Å²) in [5, 5.41) is 6.06. The number of benzene rings is 2. The highest BCUT2D eigenvalue weighted by molar-refractivity contribution is 9.10. The van der Waals surface area contributed by atoms with E-state index in [4.69, 9.17) is 5.73 Å². The molecular weight excluding hydrogens is 553 g/mol. The summed E-state index contributed by atoms with van der Waals surface area (Å²) in [6.45, 7) is 0.965. The van der Waals surface area contributed by atoms with Gasteiger partial charge < -0.3 is 11.1 Å². The largest absolute Gasteiger partial charge is 0.437 e. The van der Waals surface area contributed by atoms with Gasteiger partial charge in [-0.1, -0.05) is 22.0 Å². The molecule has 4 rings (SSSR count). The number of anilines is 1. The van der Waals surface area contributed by atoms with Crippen LogP contribution in [0.1, 0.15) is 37.8 Å². The zero-order valence-electron chi connectivity index (χ0n) is 18.3. The van der Waals surface area contributed by atoms with Gasteiger partial charge in [0.25, 0.3) is 11.8 Å². The molecular formula is C23H15BrF5N5O2. The highest BCUT2D eigenvalue weighted by Crippen LogP contribution is 2.36. The third kappa shape index (κ3) is 4.91. The van der Waals surface area contributed by atoms with Crippen molar-refractivity contribution in [2.45, 2.75) is 19.6 Å². The van der Waals surface area contributed by atoms with Crippen LogP contribution < -0.4 is 11.1 Å². The molecule has 0 fully saturated rings. The van der Waals surface area contributed by atoms with Crippen molar-refractivity contribution >= 4 is 44.3 Å². The lowest BCUT2D eigenvalue weighted by Crippen LogP contribution is -2.19. The summed E-state index contributed by atoms with van der Waals surface area (Å²) in [4.78, 5) is 29.0. The topological polar surface area (TPSA) is 103 Å². The maximum Gasteiger partial charge on any atom is 0.437 e. The first-order valence-electron chi connectivity index (χ1n) is 10.1. The number of halogens is 6. The lowest BCUT2D eigenvalue weighted by Gasteiger charge is -2.12. The predicted octanol–water partition coefficient (Wildman–Crippen LogP) is 5.20. The van der Waals surface area contributed by atoms with Gasteiger partial charge in [0.15, 0.2) is 17.3 Å². The molecule has 2 aromatic heterocycles. The van der Waals surface area contributed by atoms with Gasteiger partial charge in [-0.15, -0.1) is 0 Å². The van der Waals surface area contributed by atoms with E-state index in [9.17, 15) is 31.5 Å². The van der Waals surface area contributed by atoms with Crippen LogP contribution >= 0.6 is 15.9 Å². The number of carbonyl (C=O) groups excluding carboxylic acids is 2. The number of nitrogens with zero attached hydrogens (tertiary/aromatic N) is 3. The van der Waals surface area contributed by atoms with E-state index in [1.54, 1.807) is 6.07 Å². The van der Waals surface area contributed by atoms with E-state index in [1.807, 2.05) is 0 Å². The van der Waals surface area contributed by atoms with Crippen molar-refractivity contribution in [1.82, 2.24) is 14.8 Å². The fourth-order valence-electron chi connectivity index (χ4n) is 3.55. The van der Waals surface area contributed by atoms with Gasteiger partial charge in [-0.3, -0.25) is 14.3 Å². The van der Waals surface area contributed by atoms with Gasteiger partial charge in [-0.05, 0) is 48.9 Å². The van der Waals surface area contributed by atoms with E-state index in [-0.39, 0.29) is 40.0 Å². The molecule has 4 aromatic rings. The first kappa shape index (κ1) is 25.2. The number of nitrogens with one attached hydrogen (secondary N) is 1. The Hall–Kier alpha value is -3.87. The molecule has 36 heavy (non-hydrogen) atoms. The maximum absolute atomic E-state index is 13.8. The molecule has 0 aliphatic carbocycles. The normalized spacial score (nSPS) is 11.6. The van der Waals surface area contributed by atoms with Crippen LogP contribution in [0.4, 0.5) is 27.6 Å². The Morgan fingerprint density at radius 1 is 1.08 bits per heavy atom. The molecule has 2 heterocycles. The minimum absolute atomic E-state index is 0.0879. The molecule has 0 saturated heterocycles. The number of hydrogen-bond acceptors (Lipinski definition) is 4. The van der Waals surface area contributed by atoms with Crippen LogP contribution in [0.2, 0.25) is 0 Å². The van der Waals surface area contributed by atoms with Crippen LogP contribution in [-0.4, -0.2) is 26.6 Å². The van der Waals surface area contributed by atoms with Crippen LogP contribution in [0.25, 0.3) is 10.9 Å². The second-order valence-corrected chi connectivity index (χ2v) is 8.66. The van der Waals surface area contributed by atoms with E-state index >= 15 is 0 Å². The number of rotatable bonds is 5. The molecule has 0 spiro atoms. The van der Waals surface area contributed by atoms with Crippen LogP contribution in [-0.2, 0) is 12.7 Å². The number of amides is 2. The lowest BCUT2D eigenvalue weighted by atomic mass is 10.1. The number of primary amides is 1. The van der Waals surface area contributed by atoms with Gasteiger partial charge in [0.1, 0.15) is 5.69 Å². The summed E-state index contributed by atoms with van der Waals surface area (Å²) < 4.78 is 69.7. The first-order valence-corrected chi connectivity index (χ1v) is 10.9. The molecule has 2 aromatic carbocycles. The number of hydrogen-bond donors (Lipinski definition) is 2. The Morgan fingerprint density at radius 3 is 2.44 bits per heavy atom. The van der Waals surface area contributed by atoms with Gasteiger partial charge in [0.05, 0.1) is 29.0 Å². The first-order chi connectivity index (χ1) is 16.8.